The zero-order chi connectivity index (χ0) is 37.8. The van der Waals surface area contributed by atoms with Crippen molar-refractivity contribution in [1.29, 1.82) is 0 Å². The van der Waals surface area contributed by atoms with Gasteiger partial charge >= 0.3 is 6.03 Å². The van der Waals surface area contributed by atoms with Crippen LogP contribution in [0.3, 0.4) is 0 Å². The van der Waals surface area contributed by atoms with E-state index in [0.717, 1.165) is 38.5 Å². The summed E-state index contributed by atoms with van der Waals surface area (Å²) in [7, 11) is 0. The Morgan fingerprint density at radius 3 is 1.86 bits per heavy atom. The summed E-state index contributed by atoms with van der Waals surface area (Å²) in [5, 5.41) is 11.7. The maximum atomic E-state index is 14.8. The molecule has 12 nitrogen and oxygen atoms in total. The van der Waals surface area contributed by atoms with Crippen LogP contribution in [-0.2, 0) is 24.0 Å². The van der Waals surface area contributed by atoms with Gasteiger partial charge in [0.15, 0.2) is 5.78 Å². The second-order valence-electron chi connectivity index (χ2n) is 19.1. The molecule has 1 unspecified atom stereocenters. The summed E-state index contributed by atoms with van der Waals surface area (Å²) in [6, 6.07) is -3.82. The van der Waals surface area contributed by atoms with E-state index in [1.165, 1.54) is 6.92 Å². The van der Waals surface area contributed by atoms with E-state index in [1.54, 1.807) is 18.7 Å². The lowest BCUT2D eigenvalue weighted by Gasteiger charge is -2.37. The lowest BCUT2D eigenvalue weighted by molar-refractivity contribution is -0.143. The standard InChI is InChI=1S/C38H64N6O6/c1-22(45)27(46)24(18-23-14-12-15-23)41-29(47)25-19-38(36(10,11)37(38)16-13-17-37)21-44(25)30(48)28(34(5,6)7)43-32(50)42-26(33(2,3)4)20-40-31(49)35(8,9)39/h23-26,28H,12-21,39H2,1-11H3,(H,40,49)(H,41,47)(H2,42,43,50)/t24?,25-,26+,28+,38+/m0/s1. The quantitative estimate of drug-likeness (QED) is 0.193. The maximum absolute atomic E-state index is 14.8. The number of nitrogens with zero attached hydrogens (tertiary/aromatic N) is 1. The number of amides is 5. The first-order chi connectivity index (χ1) is 22.8. The molecule has 0 aromatic heterocycles. The molecule has 5 amide bonds. The Balaban J connectivity index is 1.59. The first-order valence-corrected chi connectivity index (χ1v) is 18.6. The monoisotopic (exact) mass is 700 g/mol. The molecule has 50 heavy (non-hydrogen) atoms. The number of ketones is 2. The molecule has 5 atom stereocenters. The third-order valence-corrected chi connectivity index (χ3v) is 13.0. The highest BCUT2D eigenvalue weighted by molar-refractivity contribution is 6.38. The molecule has 4 rings (SSSR count). The van der Waals surface area contributed by atoms with E-state index in [9.17, 15) is 28.8 Å². The average molecular weight is 701 g/mol. The van der Waals surface area contributed by atoms with Crippen LogP contribution >= 0.6 is 0 Å². The van der Waals surface area contributed by atoms with Gasteiger partial charge < -0.3 is 31.9 Å². The normalized spacial score (nSPS) is 25.8. The third kappa shape index (κ3) is 7.33. The summed E-state index contributed by atoms with van der Waals surface area (Å²) in [6.07, 6.45) is 7.05. The maximum Gasteiger partial charge on any atom is 0.315 e. The molecule has 282 valence electrons. The van der Waals surface area contributed by atoms with Crippen molar-refractivity contribution in [3.8, 4) is 0 Å². The summed E-state index contributed by atoms with van der Waals surface area (Å²) < 4.78 is 0. The Labute approximate surface area is 298 Å². The molecule has 4 aliphatic rings. The Morgan fingerprint density at radius 2 is 1.44 bits per heavy atom. The van der Waals surface area contributed by atoms with Gasteiger partial charge in [0.1, 0.15) is 12.1 Å². The van der Waals surface area contributed by atoms with Crippen molar-refractivity contribution >= 4 is 35.3 Å². The molecule has 0 aromatic carbocycles. The van der Waals surface area contributed by atoms with Crippen LogP contribution in [0.4, 0.5) is 4.79 Å². The Hall–Kier alpha value is -3.02. The summed E-state index contributed by atoms with van der Waals surface area (Å²) in [6.45, 7) is 20.9. The third-order valence-electron chi connectivity index (χ3n) is 13.0. The van der Waals surface area contributed by atoms with Crippen molar-refractivity contribution in [2.75, 3.05) is 13.1 Å². The number of nitrogens with one attached hydrogen (secondary N) is 4. The largest absolute Gasteiger partial charge is 0.352 e. The van der Waals surface area contributed by atoms with Crippen molar-refractivity contribution in [3.63, 3.8) is 0 Å². The van der Waals surface area contributed by atoms with Gasteiger partial charge in [-0.2, -0.15) is 0 Å². The molecule has 0 aromatic rings. The highest BCUT2D eigenvalue weighted by atomic mass is 16.2. The molecular weight excluding hydrogens is 636 g/mol. The average Bonchev–Trinajstić information content (AvgIpc) is 3.16. The number of hydrogen-bond donors (Lipinski definition) is 5. The number of urea groups is 1. The van der Waals surface area contributed by atoms with E-state index in [-0.39, 0.29) is 40.5 Å². The van der Waals surface area contributed by atoms with Gasteiger partial charge in [-0.1, -0.05) is 81.1 Å². The fraction of sp³-hybridized carbons (Fsp3) is 0.842. The first kappa shape index (κ1) is 39.8. The molecule has 4 fully saturated rings. The van der Waals surface area contributed by atoms with Crippen LogP contribution in [0.5, 0.6) is 0 Å². The Kier molecular flexibility index (Phi) is 10.7. The van der Waals surface area contributed by atoms with E-state index in [2.05, 4.69) is 35.1 Å². The minimum Gasteiger partial charge on any atom is -0.352 e. The number of rotatable bonds is 12. The topological polar surface area (TPSA) is 180 Å². The van der Waals surface area contributed by atoms with Gasteiger partial charge in [0.2, 0.25) is 23.5 Å². The highest BCUT2D eigenvalue weighted by Gasteiger charge is 2.85. The van der Waals surface area contributed by atoms with Crippen LogP contribution in [-0.4, -0.2) is 83.0 Å². The molecule has 3 saturated carbocycles. The van der Waals surface area contributed by atoms with Crippen LogP contribution < -0.4 is 27.0 Å². The fourth-order valence-electron chi connectivity index (χ4n) is 9.01. The Bertz CT molecular complexity index is 1380. The van der Waals surface area contributed by atoms with Gasteiger partial charge in [-0.15, -0.1) is 0 Å². The second-order valence-corrected chi connectivity index (χ2v) is 19.1. The molecule has 2 spiro atoms. The molecule has 1 aliphatic heterocycles. The van der Waals surface area contributed by atoms with E-state index < -0.39 is 64.0 Å². The summed E-state index contributed by atoms with van der Waals surface area (Å²) >= 11 is 0. The minimum absolute atomic E-state index is 0.0403. The van der Waals surface area contributed by atoms with Gasteiger partial charge in [-0.3, -0.25) is 24.0 Å². The Morgan fingerprint density at radius 1 is 0.840 bits per heavy atom. The summed E-state index contributed by atoms with van der Waals surface area (Å²) in [5.74, 6) is -2.06. The van der Waals surface area contributed by atoms with E-state index in [1.807, 2.05) is 41.5 Å². The van der Waals surface area contributed by atoms with Crippen LogP contribution in [0.25, 0.3) is 0 Å². The van der Waals surface area contributed by atoms with Gasteiger partial charge in [0.05, 0.1) is 17.6 Å². The number of carbonyl (C=O) groups excluding carboxylic acids is 6. The van der Waals surface area contributed by atoms with Crippen molar-refractivity contribution in [3.05, 3.63) is 0 Å². The molecule has 12 heteroatoms. The minimum atomic E-state index is -1.09. The van der Waals surface area contributed by atoms with Gasteiger partial charge in [0.25, 0.3) is 0 Å². The van der Waals surface area contributed by atoms with Crippen LogP contribution in [0.2, 0.25) is 0 Å². The smallest absolute Gasteiger partial charge is 0.315 e. The number of carbonyl (C=O) groups is 6. The molecule has 0 bridgehead atoms. The molecule has 6 N–H and O–H groups in total. The summed E-state index contributed by atoms with van der Waals surface area (Å²) in [5.41, 5.74) is 3.38. The zero-order valence-electron chi connectivity index (χ0n) is 32.4. The number of Topliss-reactive ketones (excluding diaryl/α,β-unsaturated/α-hetero) is 2. The first-order valence-electron chi connectivity index (χ1n) is 18.6. The molecule has 0 radical (unpaired) electrons. The number of nitrogens with two attached hydrogens (primary N) is 1. The van der Waals surface area contributed by atoms with Gasteiger partial charge in [-0.25, -0.2) is 4.79 Å². The predicted octanol–water partition coefficient (Wildman–Crippen LogP) is 3.60. The van der Waals surface area contributed by atoms with Gasteiger partial charge in [0, 0.05) is 25.4 Å². The van der Waals surface area contributed by atoms with E-state index in [0.29, 0.717) is 19.4 Å². The van der Waals surface area contributed by atoms with Crippen molar-refractivity contribution < 1.29 is 28.8 Å². The predicted molar refractivity (Wildman–Crippen MR) is 192 cm³/mol. The second kappa shape index (κ2) is 13.5. The number of fused-ring (bicyclic) bond motifs is 1. The number of likely N-dealkylation sites (tertiary alicyclic amines) is 1. The van der Waals surface area contributed by atoms with Crippen LogP contribution in [0.15, 0.2) is 0 Å². The molecule has 3 aliphatic carbocycles. The van der Waals surface area contributed by atoms with Crippen molar-refractivity contribution in [2.45, 2.75) is 157 Å². The lowest BCUT2D eigenvalue weighted by Crippen LogP contribution is -2.62. The van der Waals surface area contributed by atoms with E-state index in [4.69, 9.17) is 5.73 Å². The van der Waals surface area contributed by atoms with Crippen LogP contribution in [0.1, 0.15) is 128 Å². The molecular formula is C38H64N6O6. The SMILES string of the molecule is CC(=O)C(=O)C(CC1CCC1)NC(=O)[C@@H]1C[C@@]2(CN1C(=O)[C@@H](NC(=O)N[C@H](CNC(=O)C(C)(C)N)C(C)(C)C)C(C)(C)C)C(C)(C)C21CCC1. The fourth-order valence-corrected chi connectivity index (χ4v) is 9.01. The van der Waals surface area contributed by atoms with Crippen molar-refractivity contribution in [1.82, 2.24) is 26.2 Å². The van der Waals surface area contributed by atoms with Crippen molar-refractivity contribution in [2.24, 2.45) is 38.7 Å². The molecule has 1 heterocycles. The zero-order valence-corrected chi connectivity index (χ0v) is 32.4. The lowest BCUT2D eigenvalue weighted by atomic mass is 9.73. The molecule has 1 saturated heterocycles. The highest BCUT2D eigenvalue weighted by Crippen LogP contribution is 2.88. The van der Waals surface area contributed by atoms with Gasteiger partial charge in [-0.05, 0) is 67.1 Å². The van der Waals surface area contributed by atoms with Crippen LogP contribution in [0, 0.1) is 33.0 Å². The number of hydrogen-bond acceptors (Lipinski definition) is 7. The van der Waals surface area contributed by atoms with E-state index >= 15 is 0 Å². The summed E-state index contributed by atoms with van der Waals surface area (Å²) in [4.78, 5) is 82.1.